The number of esters is 1. The first-order valence-corrected chi connectivity index (χ1v) is 17.0. The van der Waals surface area contributed by atoms with Gasteiger partial charge < -0.3 is 24.2 Å². The molecule has 270 valence electrons. The average molecular weight is 717 g/mol. The summed E-state index contributed by atoms with van der Waals surface area (Å²) in [7, 11) is 0. The molecule has 1 aliphatic rings. The zero-order valence-electron chi connectivity index (χ0n) is 29.1. The van der Waals surface area contributed by atoms with Crippen molar-refractivity contribution in [2.24, 2.45) is 4.99 Å². The Morgan fingerprint density at radius 1 is 1.16 bits per heavy atom. The summed E-state index contributed by atoms with van der Waals surface area (Å²) in [6, 6.07) is 7.50. The highest BCUT2D eigenvalue weighted by Crippen LogP contribution is 2.36. The van der Waals surface area contributed by atoms with Gasteiger partial charge >= 0.3 is 18.2 Å². The van der Waals surface area contributed by atoms with Crippen molar-refractivity contribution < 1.29 is 42.1 Å². The zero-order chi connectivity index (χ0) is 36.8. The number of nitrogens with zero attached hydrogens (tertiary/aromatic N) is 4. The molecule has 1 aliphatic heterocycles. The number of carbonyl (C=O) groups is 2. The summed E-state index contributed by atoms with van der Waals surface area (Å²) in [5.74, 6) is -0.565. The SMILES string of the molecule is C=C/C=C(\N=C(/C)n1ncc(C(=O)OCC)c1C(F)(F)F)c1sc(C)cc1COc1ccc(C2CCN(C(=O)OC(C)(C)C)CC2)c(CO)c1. The first-order chi connectivity index (χ1) is 23.6. The number of aliphatic hydroxyl groups is 1. The van der Waals surface area contributed by atoms with Gasteiger partial charge in [-0.05, 0) is 95.7 Å². The van der Waals surface area contributed by atoms with Gasteiger partial charge in [-0.2, -0.15) is 18.3 Å². The highest BCUT2D eigenvalue weighted by atomic mass is 32.1. The molecule has 1 fully saturated rings. The van der Waals surface area contributed by atoms with E-state index >= 15 is 0 Å². The van der Waals surface area contributed by atoms with Gasteiger partial charge in [0.05, 0.1) is 30.0 Å². The molecule has 4 rings (SSSR count). The number of thiophene rings is 1. The van der Waals surface area contributed by atoms with Crippen LogP contribution in [0.1, 0.15) is 95.9 Å². The lowest BCUT2D eigenvalue weighted by Gasteiger charge is -2.34. The van der Waals surface area contributed by atoms with Crippen molar-refractivity contribution in [3.05, 3.63) is 86.9 Å². The number of aryl methyl sites for hydroxylation is 1. The predicted octanol–water partition coefficient (Wildman–Crippen LogP) is 8.13. The molecule has 14 heteroatoms. The maximum Gasteiger partial charge on any atom is 0.434 e. The number of benzene rings is 1. The van der Waals surface area contributed by atoms with Crippen molar-refractivity contribution >= 4 is 34.9 Å². The zero-order valence-corrected chi connectivity index (χ0v) is 29.9. The minimum Gasteiger partial charge on any atom is -0.489 e. The maximum atomic E-state index is 14.1. The molecule has 0 spiro atoms. The lowest BCUT2D eigenvalue weighted by Crippen LogP contribution is -2.41. The van der Waals surface area contributed by atoms with Gasteiger partial charge in [0.15, 0.2) is 5.69 Å². The predicted molar refractivity (Wildman–Crippen MR) is 185 cm³/mol. The number of piperidine rings is 1. The Bertz CT molecular complexity index is 1760. The van der Waals surface area contributed by atoms with E-state index in [9.17, 15) is 27.9 Å². The van der Waals surface area contributed by atoms with Gasteiger partial charge in [-0.15, -0.1) is 11.3 Å². The van der Waals surface area contributed by atoms with E-state index in [-0.39, 0.29) is 37.7 Å². The summed E-state index contributed by atoms with van der Waals surface area (Å²) in [6.45, 7) is 15.0. The minimum absolute atomic E-state index is 0.0919. The minimum atomic E-state index is -4.91. The summed E-state index contributed by atoms with van der Waals surface area (Å²) in [5, 5.41) is 14.1. The number of hydrogen-bond acceptors (Lipinski definition) is 9. The third kappa shape index (κ3) is 9.42. The van der Waals surface area contributed by atoms with Gasteiger partial charge in [-0.3, -0.25) is 0 Å². The molecule has 1 N–H and O–H groups in total. The molecule has 0 atom stereocenters. The standard InChI is InChI=1S/C36H43F3N4O6S/c1-8-10-30(41-23(4)43-32(36(37,38)39)29(19-40-43)33(45)47-9-2)31-26(17-22(3)50-31)21-48-27-11-12-28(25(18-27)20-44)24-13-15-42(16-14-24)34(46)49-35(5,6)7/h8,10-12,17-19,24,44H,1,9,13-16,20-21H2,2-7H3/b30-10-,41-23+. The Labute approximate surface area is 293 Å². The van der Waals surface area contributed by atoms with Gasteiger partial charge in [0, 0.05) is 23.5 Å². The lowest BCUT2D eigenvalue weighted by atomic mass is 9.86. The molecule has 50 heavy (non-hydrogen) atoms. The highest BCUT2D eigenvalue weighted by molar-refractivity contribution is 7.13. The van der Waals surface area contributed by atoms with Crippen LogP contribution in [0, 0.1) is 6.92 Å². The quantitative estimate of drug-likeness (QED) is 0.0975. The van der Waals surface area contributed by atoms with Gasteiger partial charge in [0.25, 0.3) is 0 Å². The van der Waals surface area contributed by atoms with Crippen LogP contribution < -0.4 is 4.74 Å². The van der Waals surface area contributed by atoms with E-state index in [0.717, 1.165) is 40.6 Å². The third-order valence-corrected chi connectivity index (χ3v) is 8.94. The molecule has 1 aromatic carbocycles. The monoisotopic (exact) mass is 716 g/mol. The van der Waals surface area contributed by atoms with Crippen molar-refractivity contribution in [2.75, 3.05) is 19.7 Å². The van der Waals surface area contributed by atoms with Crippen molar-refractivity contribution in [2.45, 2.75) is 85.3 Å². The molecule has 0 unspecified atom stereocenters. The number of hydrogen-bond donors (Lipinski definition) is 1. The molecule has 0 bridgehead atoms. The normalized spacial score (nSPS) is 14.9. The Morgan fingerprint density at radius 2 is 1.86 bits per heavy atom. The summed E-state index contributed by atoms with van der Waals surface area (Å²) in [5.41, 5.74) is 0.254. The number of amides is 1. The fourth-order valence-corrected chi connectivity index (χ4v) is 6.67. The van der Waals surface area contributed by atoms with E-state index in [1.165, 1.54) is 31.3 Å². The van der Waals surface area contributed by atoms with E-state index in [2.05, 4.69) is 16.7 Å². The Kier molecular flexibility index (Phi) is 12.3. The number of aliphatic hydroxyl groups excluding tert-OH is 1. The summed E-state index contributed by atoms with van der Waals surface area (Å²) < 4.78 is 59.4. The summed E-state index contributed by atoms with van der Waals surface area (Å²) in [6.07, 6.45) is 0.112. The maximum absolute atomic E-state index is 14.1. The van der Waals surface area contributed by atoms with Crippen molar-refractivity contribution in [1.29, 1.82) is 0 Å². The second-order valence-electron chi connectivity index (χ2n) is 12.7. The molecule has 10 nitrogen and oxygen atoms in total. The molecule has 0 aliphatic carbocycles. The molecule has 1 amide bonds. The topological polar surface area (TPSA) is 115 Å². The summed E-state index contributed by atoms with van der Waals surface area (Å²) >= 11 is 1.39. The Balaban J connectivity index is 1.53. The average Bonchev–Trinajstić information content (AvgIpc) is 3.67. The number of rotatable bonds is 10. The van der Waals surface area contributed by atoms with Crippen LogP contribution in [0.25, 0.3) is 5.70 Å². The van der Waals surface area contributed by atoms with Crippen LogP contribution in [-0.2, 0) is 28.9 Å². The number of allylic oxidation sites excluding steroid dienone is 2. The van der Waals surface area contributed by atoms with Crippen LogP contribution in [0.2, 0.25) is 0 Å². The largest absolute Gasteiger partial charge is 0.489 e. The number of ether oxygens (including phenoxy) is 3. The molecule has 3 heterocycles. The van der Waals surface area contributed by atoms with Crippen LogP contribution in [0.5, 0.6) is 5.75 Å². The third-order valence-electron chi connectivity index (χ3n) is 7.83. The van der Waals surface area contributed by atoms with E-state index < -0.39 is 29.0 Å². The van der Waals surface area contributed by atoms with Crippen molar-refractivity contribution in [3.8, 4) is 5.75 Å². The first-order valence-electron chi connectivity index (χ1n) is 16.2. The van der Waals surface area contributed by atoms with Gasteiger partial charge in [-0.25, -0.2) is 19.3 Å². The smallest absolute Gasteiger partial charge is 0.434 e. The van der Waals surface area contributed by atoms with E-state index in [0.29, 0.717) is 34.1 Å². The number of alkyl halides is 3. The van der Waals surface area contributed by atoms with Gasteiger partial charge in [0.2, 0.25) is 0 Å². The fraction of sp³-hybridized carbons (Fsp3) is 0.444. The number of aromatic nitrogens is 2. The van der Waals surface area contributed by atoms with Gasteiger partial charge in [-0.1, -0.05) is 18.7 Å². The highest BCUT2D eigenvalue weighted by Gasteiger charge is 2.41. The molecule has 2 aromatic heterocycles. The van der Waals surface area contributed by atoms with E-state index in [1.807, 2.05) is 45.9 Å². The van der Waals surface area contributed by atoms with Crippen LogP contribution in [0.3, 0.4) is 0 Å². The van der Waals surface area contributed by atoms with Crippen LogP contribution >= 0.6 is 11.3 Å². The van der Waals surface area contributed by atoms with E-state index in [4.69, 9.17) is 14.2 Å². The number of aliphatic imine (C=N–C) groups is 1. The number of carbonyl (C=O) groups excluding carboxylic acids is 2. The number of halogens is 3. The van der Waals surface area contributed by atoms with Crippen molar-refractivity contribution in [3.63, 3.8) is 0 Å². The van der Waals surface area contributed by atoms with E-state index in [1.54, 1.807) is 17.0 Å². The Morgan fingerprint density at radius 3 is 2.46 bits per heavy atom. The Hall–Kier alpha value is -4.43. The molecular weight excluding hydrogens is 673 g/mol. The molecule has 0 radical (unpaired) electrons. The van der Waals surface area contributed by atoms with Crippen LogP contribution in [0.15, 0.2) is 54.2 Å². The second kappa shape index (κ2) is 16.1. The lowest BCUT2D eigenvalue weighted by molar-refractivity contribution is -0.143. The second-order valence-corrected chi connectivity index (χ2v) is 14.0. The summed E-state index contributed by atoms with van der Waals surface area (Å²) in [4.78, 5) is 32.5. The first kappa shape index (κ1) is 38.4. The molecule has 1 saturated heterocycles. The molecular formula is C36H43F3N4O6S. The number of likely N-dealkylation sites (tertiary alicyclic amines) is 1. The fourth-order valence-electron chi connectivity index (χ4n) is 5.68. The van der Waals surface area contributed by atoms with Gasteiger partial charge in [0.1, 0.15) is 29.4 Å². The molecule has 3 aromatic rings. The van der Waals surface area contributed by atoms with Crippen LogP contribution in [0.4, 0.5) is 18.0 Å². The molecule has 0 saturated carbocycles. The van der Waals surface area contributed by atoms with Crippen molar-refractivity contribution in [1.82, 2.24) is 14.7 Å². The van der Waals surface area contributed by atoms with Crippen LogP contribution in [-0.4, -0.2) is 63.0 Å².